The van der Waals surface area contributed by atoms with Crippen molar-refractivity contribution >= 4 is 11.9 Å². The number of hydrogen-bond acceptors (Lipinski definition) is 4. The minimum absolute atomic E-state index is 0.159. The molecule has 0 radical (unpaired) electrons. The molecule has 2 aliphatic heterocycles. The van der Waals surface area contributed by atoms with Crippen molar-refractivity contribution in [2.45, 2.75) is 57.4 Å². The summed E-state index contributed by atoms with van der Waals surface area (Å²) in [7, 11) is 0. The van der Waals surface area contributed by atoms with Gasteiger partial charge in [0.1, 0.15) is 12.1 Å². The molecule has 0 bridgehead atoms. The zero-order valence-corrected chi connectivity index (χ0v) is 13.4. The number of imide groups is 1. The Balaban J connectivity index is 1.78. The number of nitriles is 1. The lowest BCUT2D eigenvalue weighted by Crippen LogP contribution is -2.55. The Hall–Kier alpha value is -1.61. The number of urea groups is 1. The largest absolute Gasteiger partial charge is 0.325 e. The summed E-state index contributed by atoms with van der Waals surface area (Å²) in [6.45, 7) is 4.80. The second-order valence-corrected chi connectivity index (χ2v) is 6.32. The summed E-state index contributed by atoms with van der Waals surface area (Å²) >= 11 is 0. The highest BCUT2D eigenvalue weighted by atomic mass is 16.2. The van der Waals surface area contributed by atoms with Gasteiger partial charge in [-0.15, -0.1) is 0 Å². The van der Waals surface area contributed by atoms with E-state index in [1.807, 2.05) is 6.07 Å². The van der Waals surface area contributed by atoms with Gasteiger partial charge in [-0.25, -0.2) is 9.69 Å². The summed E-state index contributed by atoms with van der Waals surface area (Å²) in [6, 6.07) is 1.46. The molecule has 2 heterocycles. The summed E-state index contributed by atoms with van der Waals surface area (Å²) in [5.74, 6) is -0.221. The summed E-state index contributed by atoms with van der Waals surface area (Å²) in [5, 5.41) is 11.5. The van der Waals surface area contributed by atoms with Gasteiger partial charge in [0.15, 0.2) is 0 Å². The highest BCUT2D eigenvalue weighted by Gasteiger charge is 2.52. The molecule has 0 saturated carbocycles. The third kappa shape index (κ3) is 3.58. The molecule has 122 valence electrons. The number of piperidine rings is 1. The molecule has 1 N–H and O–H groups in total. The maximum atomic E-state index is 12.4. The van der Waals surface area contributed by atoms with Gasteiger partial charge in [-0.1, -0.05) is 32.6 Å². The fourth-order valence-electron chi connectivity index (χ4n) is 3.33. The van der Waals surface area contributed by atoms with Crippen molar-refractivity contribution in [2.75, 3.05) is 26.2 Å². The van der Waals surface area contributed by atoms with Crippen LogP contribution in [-0.2, 0) is 4.79 Å². The summed E-state index contributed by atoms with van der Waals surface area (Å²) in [6.07, 6.45) is 7.62. The van der Waals surface area contributed by atoms with Crippen molar-refractivity contribution in [1.29, 1.82) is 5.26 Å². The highest BCUT2D eigenvalue weighted by molar-refractivity contribution is 6.07. The van der Waals surface area contributed by atoms with Crippen molar-refractivity contribution in [1.82, 2.24) is 15.1 Å². The van der Waals surface area contributed by atoms with Crippen molar-refractivity contribution in [2.24, 2.45) is 0 Å². The molecule has 6 heteroatoms. The minimum Gasteiger partial charge on any atom is -0.323 e. The lowest BCUT2D eigenvalue weighted by molar-refractivity contribution is -0.132. The molecule has 2 saturated heterocycles. The second kappa shape index (κ2) is 7.59. The average Bonchev–Trinajstić information content (AvgIpc) is 2.74. The number of unbranched alkanes of at least 4 members (excludes halogenated alkanes) is 4. The van der Waals surface area contributed by atoms with Gasteiger partial charge in [-0.2, -0.15) is 5.26 Å². The van der Waals surface area contributed by atoms with E-state index in [0.29, 0.717) is 12.8 Å². The van der Waals surface area contributed by atoms with Crippen LogP contribution in [0.1, 0.15) is 51.9 Å². The van der Waals surface area contributed by atoms with E-state index in [1.54, 1.807) is 0 Å². The first-order valence-electron chi connectivity index (χ1n) is 8.36. The average molecular weight is 306 g/mol. The Kier molecular flexibility index (Phi) is 5.78. The fraction of sp³-hybridized carbons (Fsp3) is 0.812. The summed E-state index contributed by atoms with van der Waals surface area (Å²) < 4.78 is 0. The molecule has 0 aliphatic carbocycles. The van der Waals surface area contributed by atoms with Crippen LogP contribution in [-0.4, -0.2) is 53.5 Å². The molecule has 0 aromatic carbocycles. The van der Waals surface area contributed by atoms with Crippen molar-refractivity contribution in [3.63, 3.8) is 0 Å². The maximum Gasteiger partial charge on any atom is 0.325 e. The van der Waals surface area contributed by atoms with Crippen LogP contribution in [0.15, 0.2) is 0 Å². The second-order valence-electron chi connectivity index (χ2n) is 6.32. The number of nitrogens with zero attached hydrogens (tertiary/aromatic N) is 3. The molecule has 0 aromatic rings. The van der Waals surface area contributed by atoms with E-state index < -0.39 is 11.6 Å². The Morgan fingerprint density at radius 2 is 1.86 bits per heavy atom. The van der Waals surface area contributed by atoms with E-state index in [0.717, 1.165) is 24.5 Å². The molecule has 0 aromatic heterocycles. The molecular weight excluding hydrogens is 280 g/mol. The molecule has 3 amide bonds. The van der Waals surface area contributed by atoms with Crippen LogP contribution in [0.3, 0.4) is 0 Å². The Labute approximate surface area is 132 Å². The van der Waals surface area contributed by atoms with Crippen LogP contribution in [0.5, 0.6) is 0 Å². The van der Waals surface area contributed by atoms with Crippen molar-refractivity contribution in [3.8, 4) is 6.07 Å². The van der Waals surface area contributed by atoms with Crippen LogP contribution in [0, 0.1) is 11.3 Å². The highest BCUT2D eigenvalue weighted by Crippen LogP contribution is 2.29. The Morgan fingerprint density at radius 1 is 1.18 bits per heavy atom. The Bertz CT molecular complexity index is 450. The van der Waals surface area contributed by atoms with Crippen molar-refractivity contribution < 1.29 is 9.59 Å². The molecule has 22 heavy (non-hydrogen) atoms. The van der Waals surface area contributed by atoms with E-state index in [2.05, 4.69) is 17.1 Å². The maximum absolute atomic E-state index is 12.4. The minimum atomic E-state index is -0.757. The summed E-state index contributed by atoms with van der Waals surface area (Å²) in [5.41, 5.74) is -0.757. The quantitative estimate of drug-likeness (QED) is 0.442. The molecule has 6 nitrogen and oxygen atoms in total. The molecule has 2 fully saturated rings. The van der Waals surface area contributed by atoms with E-state index >= 15 is 0 Å². The van der Waals surface area contributed by atoms with Gasteiger partial charge in [-0.05, 0) is 25.8 Å². The van der Waals surface area contributed by atoms with Crippen LogP contribution in [0.2, 0.25) is 0 Å². The van der Waals surface area contributed by atoms with Crippen LogP contribution < -0.4 is 5.32 Å². The fourth-order valence-corrected chi connectivity index (χ4v) is 3.33. The third-order valence-corrected chi connectivity index (χ3v) is 4.76. The van der Waals surface area contributed by atoms with Gasteiger partial charge in [0, 0.05) is 13.1 Å². The zero-order valence-electron chi connectivity index (χ0n) is 13.4. The SMILES string of the molecule is CCCCCCCN1CCC2(CC1)NC(=O)N(CC#N)C2=O. The number of amides is 3. The summed E-state index contributed by atoms with van der Waals surface area (Å²) in [4.78, 5) is 27.6. The van der Waals surface area contributed by atoms with Gasteiger partial charge in [0.2, 0.25) is 0 Å². The standard InChI is InChI=1S/C16H26N4O2/c1-2-3-4-5-6-10-19-11-7-16(8-12-19)14(21)20(13-9-17)15(22)18-16/h2-8,10-13H2,1H3,(H,18,22). The number of nitrogens with one attached hydrogen (secondary N) is 1. The van der Waals surface area contributed by atoms with Crippen LogP contribution >= 0.6 is 0 Å². The molecular formula is C16H26N4O2. The smallest absolute Gasteiger partial charge is 0.323 e. The number of hydrogen-bond donors (Lipinski definition) is 1. The van der Waals surface area contributed by atoms with E-state index in [9.17, 15) is 9.59 Å². The Morgan fingerprint density at radius 3 is 2.50 bits per heavy atom. The van der Waals surface area contributed by atoms with Gasteiger partial charge < -0.3 is 10.2 Å². The number of rotatable bonds is 7. The van der Waals surface area contributed by atoms with E-state index in [-0.39, 0.29) is 12.5 Å². The van der Waals surface area contributed by atoms with Crippen molar-refractivity contribution in [3.05, 3.63) is 0 Å². The number of likely N-dealkylation sites (tertiary alicyclic amines) is 1. The lowest BCUT2D eigenvalue weighted by Gasteiger charge is -2.37. The molecule has 2 rings (SSSR count). The number of carbonyl (C=O) groups excluding carboxylic acids is 2. The van der Waals surface area contributed by atoms with Gasteiger partial charge in [0.05, 0.1) is 6.07 Å². The first-order chi connectivity index (χ1) is 10.6. The van der Waals surface area contributed by atoms with E-state index in [4.69, 9.17) is 5.26 Å². The van der Waals surface area contributed by atoms with Crippen LogP contribution in [0.25, 0.3) is 0 Å². The predicted molar refractivity (Wildman–Crippen MR) is 83.0 cm³/mol. The van der Waals surface area contributed by atoms with Gasteiger partial charge in [-0.3, -0.25) is 4.79 Å². The zero-order chi connectivity index (χ0) is 16.0. The first kappa shape index (κ1) is 16.8. The van der Waals surface area contributed by atoms with Crippen LogP contribution in [0.4, 0.5) is 4.79 Å². The predicted octanol–water partition coefficient (Wildman–Crippen LogP) is 1.87. The monoisotopic (exact) mass is 306 g/mol. The molecule has 1 spiro atoms. The normalized spacial score (nSPS) is 21.2. The van der Waals surface area contributed by atoms with Gasteiger partial charge in [0.25, 0.3) is 5.91 Å². The third-order valence-electron chi connectivity index (χ3n) is 4.76. The lowest BCUT2D eigenvalue weighted by atomic mass is 9.87. The molecule has 0 unspecified atom stereocenters. The molecule has 2 aliphatic rings. The topological polar surface area (TPSA) is 76.4 Å². The van der Waals surface area contributed by atoms with E-state index in [1.165, 1.54) is 32.1 Å². The first-order valence-corrected chi connectivity index (χ1v) is 8.36. The van der Waals surface area contributed by atoms with Gasteiger partial charge >= 0.3 is 6.03 Å². The molecule has 0 atom stereocenters. The number of carbonyl (C=O) groups is 2.